The average molecular weight is 344 g/mol. The molecule has 1 aromatic heterocycles. The number of likely N-dealkylation sites (N-methyl/N-ethyl adjacent to an activating group) is 1. The molecule has 0 saturated carbocycles. The third-order valence-corrected chi connectivity index (χ3v) is 4.22. The number of aliphatic hydroxyl groups is 1. The van der Waals surface area contributed by atoms with Gasteiger partial charge in [0.15, 0.2) is 6.10 Å². The van der Waals surface area contributed by atoms with E-state index < -0.39 is 18.2 Å². The van der Waals surface area contributed by atoms with Crippen LogP contribution in [0.15, 0.2) is 30.3 Å². The predicted octanol–water partition coefficient (Wildman–Crippen LogP) is 2.89. The smallest absolute Gasteiger partial charge is 0.355 e. The first-order chi connectivity index (χ1) is 11.7. The molecule has 0 bridgehead atoms. The second-order valence-electron chi connectivity index (χ2n) is 6.12. The third kappa shape index (κ3) is 3.91. The highest BCUT2D eigenvalue weighted by Crippen LogP contribution is 2.25. The molecule has 25 heavy (non-hydrogen) atoms. The van der Waals surface area contributed by atoms with Crippen molar-refractivity contribution < 1.29 is 19.4 Å². The van der Waals surface area contributed by atoms with E-state index in [9.17, 15) is 14.7 Å². The summed E-state index contributed by atoms with van der Waals surface area (Å²) >= 11 is 0. The van der Waals surface area contributed by atoms with Crippen molar-refractivity contribution in [2.24, 2.45) is 0 Å². The minimum absolute atomic E-state index is 0.260. The summed E-state index contributed by atoms with van der Waals surface area (Å²) in [6.45, 7) is 6.70. The van der Waals surface area contributed by atoms with Crippen molar-refractivity contribution in [1.29, 1.82) is 0 Å². The van der Waals surface area contributed by atoms with Crippen molar-refractivity contribution in [1.82, 2.24) is 4.98 Å². The Morgan fingerprint density at radius 3 is 2.28 bits per heavy atom. The number of benzene rings is 1. The lowest BCUT2D eigenvalue weighted by Gasteiger charge is -2.21. The lowest BCUT2D eigenvalue weighted by Crippen LogP contribution is -2.37. The number of carbonyl (C=O) groups excluding carboxylic acids is 2. The Hall–Kier alpha value is -2.60. The van der Waals surface area contributed by atoms with E-state index in [1.54, 1.807) is 46.9 Å². The van der Waals surface area contributed by atoms with Gasteiger partial charge in [-0.3, -0.25) is 4.79 Å². The molecule has 134 valence electrons. The van der Waals surface area contributed by atoms with Gasteiger partial charge in [-0.15, -0.1) is 0 Å². The van der Waals surface area contributed by atoms with Gasteiger partial charge in [-0.05, 0) is 45.4 Å². The number of hydrogen-bond acceptors (Lipinski definition) is 4. The fourth-order valence-corrected chi connectivity index (χ4v) is 2.92. The van der Waals surface area contributed by atoms with Crippen molar-refractivity contribution in [3.8, 4) is 0 Å². The van der Waals surface area contributed by atoms with E-state index in [1.165, 1.54) is 4.90 Å². The quantitative estimate of drug-likeness (QED) is 0.817. The minimum atomic E-state index is -0.935. The van der Waals surface area contributed by atoms with Crippen LogP contribution < -0.4 is 4.90 Å². The number of anilines is 1. The van der Waals surface area contributed by atoms with Gasteiger partial charge in [0.2, 0.25) is 0 Å². The van der Waals surface area contributed by atoms with Crippen molar-refractivity contribution in [3.05, 3.63) is 52.8 Å². The first-order valence-electron chi connectivity index (χ1n) is 8.14. The number of nitrogens with one attached hydrogen (secondary N) is 1. The number of aryl methyl sites for hydroxylation is 1. The van der Waals surface area contributed by atoms with Gasteiger partial charge in [0.05, 0.1) is 6.10 Å². The fourth-order valence-electron chi connectivity index (χ4n) is 2.92. The van der Waals surface area contributed by atoms with E-state index in [-0.39, 0.29) is 11.6 Å². The fraction of sp³-hybridized carbons (Fsp3) is 0.368. The van der Waals surface area contributed by atoms with E-state index in [1.807, 2.05) is 18.2 Å². The molecule has 2 N–H and O–H groups in total. The van der Waals surface area contributed by atoms with Crippen molar-refractivity contribution in [3.63, 3.8) is 0 Å². The molecule has 0 aliphatic heterocycles. The molecular weight excluding hydrogens is 320 g/mol. The number of para-hydroxylation sites is 1. The second kappa shape index (κ2) is 7.53. The van der Waals surface area contributed by atoms with E-state index in [2.05, 4.69) is 4.98 Å². The molecule has 0 unspecified atom stereocenters. The summed E-state index contributed by atoms with van der Waals surface area (Å²) in [5, 5.41) is 9.82. The Labute approximate surface area is 147 Å². The van der Waals surface area contributed by atoms with Gasteiger partial charge >= 0.3 is 5.97 Å². The molecule has 6 heteroatoms. The number of nitrogens with zero attached hydrogens (tertiary/aromatic N) is 1. The van der Waals surface area contributed by atoms with Crippen LogP contribution in [0.5, 0.6) is 0 Å². The SMILES string of the molecule is Cc1[nH]c(C(=O)O[C@H](C)C(=O)N(C)c2ccccc2)c(C)c1[C@@H](C)O. The summed E-state index contributed by atoms with van der Waals surface area (Å²) in [6, 6.07) is 9.14. The number of H-pyrrole nitrogens is 1. The molecule has 1 heterocycles. The lowest BCUT2D eigenvalue weighted by molar-refractivity contribution is -0.126. The Balaban J connectivity index is 2.12. The van der Waals surface area contributed by atoms with Gasteiger partial charge in [0.1, 0.15) is 5.69 Å². The molecule has 2 atom stereocenters. The highest BCUT2D eigenvalue weighted by Gasteiger charge is 2.26. The lowest BCUT2D eigenvalue weighted by atomic mass is 10.1. The molecule has 0 fully saturated rings. The van der Waals surface area contributed by atoms with Crippen LogP contribution in [0.1, 0.15) is 47.3 Å². The normalized spacial score (nSPS) is 13.2. The van der Waals surface area contributed by atoms with Gasteiger partial charge in [-0.1, -0.05) is 18.2 Å². The number of ether oxygens (including phenoxy) is 1. The number of esters is 1. The highest BCUT2D eigenvalue weighted by molar-refractivity contribution is 5.98. The summed E-state index contributed by atoms with van der Waals surface area (Å²) in [6.07, 6.45) is -1.63. The van der Waals surface area contributed by atoms with E-state index in [0.29, 0.717) is 16.8 Å². The molecule has 0 aliphatic carbocycles. The number of rotatable bonds is 5. The van der Waals surface area contributed by atoms with Crippen molar-refractivity contribution in [2.45, 2.75) is 39.9 Å². The van der Waals surface area contributed by atoms with Gasteiger partial charge in [0, 0.05) is 24.0 Å². The molecule has 2 rings (SSSR count). The topological polar surface area (TPSA) is 82.6 Å². The molecule has 2 aromatic rings. The zero-order chi connectivity index (χ0) is 18.7. The summed E-state index contributed by atoms with van der Waals surface area (Å²) in [4.78, 5) is 29.3. The van der Waals surface area contributed by atoms with Crippen LogP contribution in [-0.4, -0.2) is 35.1 Å². The third-order valence-electron chi connectivity index (χ3n) is 4.22. The monoisotopic (exact) mass is 344 g/mol. The van der Waals surface area contributed by atoms with Crippen LogP contribution in [0.25, 0.3) is 0 Å². The van der Waals surface area contributed by atoms with Crippen LogP contribution in [0.2, 0.25) is 0 Å². The zero-order valence-electron chi connectivity index (χ0n) is 15.2. The van der Waals surface area contributed by atoms with Gasteiger partial charge < -0.3 is 19.7 Å². The molecule has 6 nitrogen and oxygen atoms in total. The van der Waals surface area contributed by atoms with Crippen LogP contribution >= 0.6 is 0 Å². The van der Waals surface area contributed by atoms with Crippen LogP contribution in [-0.2, 0) is 9.53 Å². The number of amides is 1. The first-order valence-corrected chi connectivity index (χ1v) is 8.14. The maximum atomic E-state index is 12.5. The Bertz CT molecular complexity index is 765. The Kier molecular flexibility index (Phi) is 5.64. The van der Waals surface area contributed by atoms with Crippen molar-refractivity contribution >= 4 is 17.6 Å². The van der Waals surface area contributed by atoms with Gasteiger partial charge in [-0.25, -0.2) is 4.79 Å². The largest absolute Gasteiger partial charge is 0.448 e. The summed E-state index contributed by atoms with van der Waals surface area (Å²) in [5.74, 6) is -0.939. The number of aromatic nitrogens is 1. The van der Waals surface area contributed by atoms with E-state index >= 15 is 0 Å². The second-order valence-corrected chi connectivity index (χ2v) is 6.12. The molecule has 0 aliphatic rings. The standard InChI is InChI=1S/C19H24N2O4/c1-11-16(13(3)22)12(2)20-17(11)19(24)25-14(4)18(23)21(5)15-9-7-6-8-10-15/h6-10,13-14,20,22H,1-5H3/t13-,14-/m1/s1. The Morgan fingerprint density at radius 2 is 1.76 bits per heavy atom. The summed E-state index contributed by atoms with van der Waals surface area (Å²) in [7, 11) is 1.64. The highest BCUT2D eigenvalue weighted by atomic mass is 16.5. The minimum Gasteiger partial charge on any atom is -0.448 e. The number of carbonyl (C=O) groups is 2. The van der Waals surface area contributed by atoms with Crippen LogP contribution in [0, 0.1) is 13.8 Å². The molecule has 1 amide bonds. The Morgan fingerprint density at radius 1 is 1.16 bits per heavy atom. The van der Waals surface area contributed by atoms with Crippen LogP contribution in [0.4, 0.5) is 5.69 Å². The summed E-state index contributed by atoms with van der Waals surface area (Å²) in [5.41, 5.74) is 3.00. The molecular formula is C19H24N2O4. The first kappa shape index (κ1) is 18.7. The van der Waals surface area contributed by atoms with E-state index in [0.717, 1.165) is 5.69 Å². The summed E-state index contributed by atoms with van der Waals surface area (Å²) < 4.78 is 5.33. The maximum Gasteiger partial charge on any atom is 0.355 e. The molecule has 0 spiro atoms. The zero-order valence-corrected chi connectivity index (χ0v) is 15.2. The van der Waals surface area contributed by atoms with Gasteiger partial charge in [-0.2, -0.15) is 0 Å². The average Bonchev–Trinajstić information content (AvgIpc) is 2.88. The molecule has 0 radical (unpaired) electrons. The van der Waals surface area contributed by atoms with E-state index in [4.69, 9.17) is 4.74 Å². The number of aliphatic hydroxyl groups excluding tert-OH is 1. The molecule has 0 saturated heterocycles. The van der Waals surface area contributed by atoms with Gasteiger partial charge in [0.25, 0.3) is 5.91 Å². The predicted molar refractivity (Wildman–Crippen MR) is 95.6 cm³/mol. The maximum absolute atomic E-state index is 12.5. The number of hydrogen-bond donors (Lipinski definition) is 2. The number of aromatic amines is 1. The van der Waals surface area contributed by atoms with Crippen LogP contribution in [0.3, 0.4) is 0 Å². The van der Waals surface area contributed by atoms with Crippen molar-refractivity contribution in [2.75, 3.05) is 11.9 Å². The molecule has 1 aromatic carbocycles.